The van der Waals surface area contributed by atoms with Crippen molar-refractivity contribution in [3.05, 3.63) is 65.4 Å². The molecule has 0 saturated carbocycles. The van der Waals surface area contributed by atoms with Crippen LogP contribution in [0.25, 0.3) is 11.0 Å². The van der Waals surface area contributed by atoms with E-state index in [4.69, 9.17) is 10.2 Å². The summed E-state index contributed by atoms with van der Waals surface area (Å²) in [5.41, 5.74) is 8.56. The number of nitrogens with two attached hydrogens (primary N) is 1. The van der Waals surface area contributed by atoms with E-state index in [1.807, 2.05) is 43.3 Å². The van der Waals surface area contributed by atoms with Crippen molar-refractivity contribution in [2.24, 2.45) is 5.73 Å². The largest absolute Gasteiger partial charge is 0.449 e. The van der Waals surface area contributed by atoms with E-state index < -0.39 is 5.91 Å². The molecule has 134 valence electrons. The summed E-state index contributed by atoms with van der Waals surface area (Å²) in [4.78, 5) is 24.0. The van der Waals surface area contributed by atoms with Crippen LogP contribution in [0.15, 0.2) is 52.9 Å². The lowest BCUT2D eigenvalue weighted by Crippen LogP contribution is -2.16. The Morgan fingerprint density at radius 2 is 1.85 bits per heavy atom. The van der Waals surface area contributed by atoms with Gasteiger partial charge in [-0.2, -0.15) is 0 Å². The van der Waals surface area contributed by atoms with Crippen LogP contribution in [0.3, 0.4) is 0 Å². The molecule has 0 radical (unpaired) electrons. The van der Waals surface area contributed by atoms with Gasteiger partial charge in [-0.15, -0.1) is 0 Å². The van der Waals surface area contributed by atoms with E-state index in [2.05, 4.69) is 17.4 Å². The molecule has 0 fully saturated rings. The highest BCUT2D eigenvalue weighted by molar-refractivity contribution is 6.10. The summed E-state index contributed by atoms with van der Waals surface area (Å²) in [5.74, 6) is -0.856. The normalized spacial score (nSPS) is 10.8. The highest BCUT2D eigenvalue weighted by Crippen LogP contribution is 2.31. The second-order valence-electron chi connectivity index (χ2n) is 6.41. The maximum absolute atomic E-state index is 12.3. The van der Waals surface area contributed by atoms with Gasteiger partial charge in [0.05, 0.1) is 0 Å². The van der Waals surface area contributed by atoms with Crippen molar-refractivity contribution >= 4 is 28.5 Å². The molecule has 3 rings (SSSR count). The number of carbonyl (C=O) groups is 2. The predicted octanol–water partition coefficient (Wildman–Crippen LogP) is 4.19. The zero-order valence-corrected chi connectivity index (χ0v) is 14.7. The van der Waals surface area contributed by atoms with Crippen molar-refractivity contribution in [1.82, 2.24) is 0 Å². The summed E-state index contributed by atoms with van der Waals surface area (Å²) < 4.78 is 5.54. The maximum Gasteiger partial charge on any atom is 0.286 e. The van der Waals surface area contributed by atoms with Crippen LogP contribution < -0.4 is 11.1 Å². The third-order valence-corrected chi connectivity index (χ3v) is 4.30. The van der Waals surface area contributed by atoms with Crippen LogP contribution in [0.1, 0.15) is 40.9 Å². The maximum atomic E-state index is 12.3. The molecule has 26 heavy (non-hydrogen) atoms. The summed E-state index contributed by atoms with van der Waals surface area (Å²) in [6.07, 6.45) is 3.01. The summed E-state index contributed by atoms with van der Waals surface area (Å²) >= 11 is 0. The summed E-state index contributed by atoms with van der Waals surface area (Å²) in [7, 11) is 0. The van der Waals surface area contributed by atoms with E-state index in [0.29, 0.717) is 23.1 Å². The molecule has 3 N–H and O–H groups in total. The molecule has 0 saturated heterocycles. The molecular weight excluding hydrogens is 328 g/mol. The van der Waals surface area contributed by atoms with Crippen LogP contribution in [0.4, 0.5) is 5.69 Å². The highest BCUT2D eigenvalue weighted by Gasteiger charge is 2.20. The van der Waals surface area contributed by atoms with Gasteiger partial charge < -0.3 is 15.5 Å². The Bertz CT molecular complexity index is 929. The molecule has 0 unspecified atom stereocenters. The topological polar surface area (TPSA) is 85.3 Å². The van der Waals surface area contributed by atoms with E-state index in [-0.39, 0.29) is 11.7 Å². The molecule has 0 aliphatic rings. The van der Waals surface area contributed by atoms with Gasteiger partial charge in [0.15, 0.2) is 0 Å². The fraction of sp³-hybridized carbons (Fsp3) is 0.238. The van der Waals surface area contributed by atoms with Gasteiger partial charge in [-0.1, -0.05) is 36.4 Å². The van der Waals surface area contributed by atoms with Gasteiger partial charge in [-0.05, 0) is 49.4 Å². The lowest BCUT2D eigenvalue weighted by atomic mass is 10.1. The number of hydrogen-bond acceptors (Lipinski definition) is 3. The van der Waals surface area contributed by atoms with Crippen molar-refractivity contribution in [3.8, 4) is 0 Å². The standard InChI is InChI=1S/C21H22N2O3/c1-14-11-12-16-17(13-14)26-20(21(22)25)19(16)23-18(24)10-6-5-9-15-7-3-2-4-8-15/h2-4,7-8,11-13H,5-6,9-10H2,1H3,(H2,22,25)(H,23,24). The van der Waals surface area contributed by atoms with E-state index >= 15 is 0 Å². The second kappa shape index (κ2) is 7.87. The number of rotatable bonds is 7. The third-order valence-electron chi connectivity index (χ3n) is 4.30. The van der Waals surface area contributed by atoms with Crippen LogP contribution in [0.2, 0.25) is 0 Å². The number of unbranched alkanes of at least 4 members (excludes halogenated alkanes) is 1. The van der Waals surface area contributed by atoms with Crippen molar-refractivity contribution in [2.75, 3.05) is 5.32 Å². The molecule has 2 aromatic carbocycles. The van der Waals surface area contributed by atoms with Crippen molar-refractivity contribution < 1.29 is 14.0 Å². The Labute approximate surface area is 152 Å². The molecule has 5 nitrogen and oxygen atoms in total. The summed E-state index contributed by atoms with van der Waals surface area (Å²) in [5, 5.41) is 3.48. The van der Waals surface area contributed by atoms with Gasteiger partial charge in [0.2, 0.25) is 11.7 Å². The van der Waals surface area contributed by atoms with E-state index in [0.717, 1.165) is 24.8 Å². The number of carbonyl (C=O) groups excluding carboxylic acids is 2. The average Bonchev–Trinajstić information content (AvgIpc) is 2.97. The fourth-order valence-corrected chi connectivity index (χ4v) is 2.96. The van der Waals surface area contributed by atoms with Crippen molar-refractivity contribution in [2.45, 2.75) is 32.6 Å². The van der Waals surface area contributed by atoms with Gasteiger partial charge in [0.1, 0.15) is 11.3 Å². The van der Waals surface area contributed by atoms with Crippen LogP contribution in [-0.2, 0) is 11.2 Å². The van der Waals surface area contributed by atoms with Crippen molar-refractivity contribution in [3.63, 3.8) is 0 Å². The average molecular weight is 350 g/mol. The first-order valence-electron chi connectivity index (χ1n) is 8.71. The molecule has 0 aliphatic carbocycles. The number of benzene rings is 2. The monoisotopic (exact) mass is 350 g/mol. The number of primary amides is 1. The van der Waals surface area contributed by atoms with Gasteiger partial charge >= 0.3 is 0 Å². The summed E-state index contributed by atoms with van der Waals surface area (Å²) in [6.45, 7) is 1.93. The molecule has 5 heteroatoms. The molecule has 1 aromatic heterocycles. The first-order valence-corrected chi connectivity index (χ1v) is 8.71. The minimum atomic E-state index is -0.696. The van der Waals surface area contributed by atoms with E-state index in [9.17, 15) is 9.59 Å². The fourth-order valence-electron chi connectivity index (χ4n) is 2.96. The number of anilines is 1. The number of fused-ring (bicyclic) bond motifs is 1. The van der Waals surface area contributed by atoms with Gasteiger partial charge in [-0.25, -0.2) is 0 Å². The van der Waals surface area contributed by atoms with Gasteiger partial charge in [0, 0.05) is 11.8 Å². The number of furan rings is 1. The Morgan fingerprint density at radius 1 is 1.08 bits per heavy atom. The lowest BCUT2D eigenvalue weighted by molar-refractivity contribution is -0.116. The Hall–Kier alpha value is -3.08. The number of aryl methyl sites for hydroxylation is 2. The van der Waals surface area contributed by atoms with Gasteiger partial charge in [-0.3, -0.25) is 9.59 Å². The smallest absolute Gasteiger partial charge is 0.286 e. The highest BCUT2D eigenvalue weighted by atomic mass is 16.3. The first kappa shape index (κ1) is 17.7. The van der Waals surface area contributed by atoms with Gasteiger partial charge in [0.25, 0.3) is 5.91 Å². The molecule has 1 heterocycles. The summed E-state index contributed by atoms with van der Waals surface area (Å²) in [6, 6.07) is 15.7. The van der Waals surface area contributed by atoms with Crippen molar-refractivity contribution in [1.29, 1.82) is 0 Å². The molecule has 3 aromatic rings. The number of amides is 2. The Morgan fingerprint density at radius 3 is 2.58 bits per heavy atom. The zero-order valence-electron chi connectivity index (χ0n) is 14.7. The SMILES string of the molecule is Cc1ccc2c(NC(=O)CCCCc3ccccc3)c(C(N)=O)oc2c1. The van der Waals surface area contributed by atoms with Crippen LogP contribution >= 0.6 is 0 Å². The minimum Gasteiger partial charge on any atom is -0.449 e. The number of nitrogens with one attached hydrogen (secondary N) is 1. The molecule has 0 aliphatic heterocycles. The lowest BCUT2D eigenvalue weighted by Gasteiger charge is -2.05. The number of hydrogen-bond donors (Lipinski definition) is 2. The Kier molecular flexibility index (Phi) is 5.37. The predicted molar refractivity (Wildman–Crippen MR) is 102 cm³/mol. The molecule has 0 atom stereocenters. The van der Waals surface area contributed by atoms with E-state index in [1.54, 1.807) is 0 Å². The molecule has 0 spiro atoms. The minimum absolute atomic E-state index is 0.0109. The van der Waals surface area contributed by atoms with Crippen LogP contribution in [-0.4, -0.2) is 11.8 Å². The Balaban J connectivity index is 1.63. The zero-order chi connectivity index (χ0) is 18.5. The molecular formula is C21H22N2O3. The molecule has 0 bridgehead atoms. The second-order valence-corrected chi connectivity index (χ2v) is 6.41. The quantitative estimate of drug-likeness (QED) is 0.627. The third kappa shape index (κ3) is 4.11. The first-order chi connectivity index (χ1) is 12.5. The van der Waals surface area contributed by atoms with Crippen LogP contribution in [0, 0.1) is 6.92 Å². The molecule has 2 amide bonds. The van der Waals surface area contributed by atoms with E-state index in [1.165, 1.54) is 5.56 Å². The van der Waals surface area contributed by atoms with Crippen LogP contribution in [0.5, 0.6) is 0 Å².